The summed E-state index contributed by atoms with van der Waals surface area (Å²) in [6.45, 7) is 2.20. The molecule has 32 heavy (non-hydrogen) atoms. The van der Waals surface area contributed by atoms with Crippen LogP contribution in [0.1, 0.15) is 21.5 Å². The van der Waals surface area contributed by atoms with E-state index in [1.165, 1.54) is 0 Å². The molecule has 0 aliphatic carbocycles. The van der Waals surface area contributed by atoms with E-state index in [-0.39, 0.29) is 11.3 Å². The van der Waals surface area contributed by atoms with Gasteiger partial charge in [0.25, 0.3) is 5.91 Å². The molecule has 0 unspecified atom stereocenters. The minimum Gasteiger partial charge on any atom is -0.455 e. The van der Waals surface area contributed by atoms with Crippen molar-refractivity contribution in [3.8, 4) is 11.3 Å². The molecule has 0 aliphatic rings. The monoisotopic (exact) mass is 426 g/mol. The van der Waals surface area contributed by atoms with Gasteiger partial charge in [0.05, 0.1) is 10.9 Å². The zero-order chi connectivity index (χ0) is 22.8. The summed E-state index contributed by atoms with van der Waals surface area (Å²) in [5.74, 6) is 0.295. The third-order valence-electron chi connectivity index (χ3n) is 5.63. The van der Waals surface area contributed by atoms with Crippen LogP contribution in [0.3, 0.4) is 0 Å². The summed E-state index contributed by atoms with van der Waals surface area (Å²) in [6, 6.07) is 22.7. The molecule has 0 fully saturated rings. The van der Waals surface area contributed by atoms with Gasteiger partial charge in [-0.3, -0.25) is 9.59 Å². The number of nitrogens with zero attached hydrogens (tertiary/aromatic N) is 2. The van der Waals surface area contributed by atoms with Crippen molar-refractivity contribution >= 4 is 22.6 Å². The van der Waals surface area contributed by atoms with Crippen molar-refractivity contribution in [2.75, 3.05) is 26.0 Å². The van der Waals surface area contributed by atoms with Gasteiger partial charge in [0.2, 0.25) is 0 Å². The van der Waals surface area contributed by atoms with Crippen LogP contribution in [-0.2, 0) is 6.54 Å². The molecule has 0 atom stereocenters. The van der Waals surface area contributed by atoms with Gasteiger partial charge in [-0.2, -0.15) is 0 Å². The molecule has 5 heteroatoms. The lowest BCUT2D eigenvalue weighted by atomic mass is 10.0. The maximum atomic E-state index is 13.3. The summed E-state index contributed by atoms with van der Waals surface area (Å²) in [4.78, 5) is 30.1. The molecule has 1 amide bonds. The van der Waals surface area contributed by atoms with E-state index in [9.17, 15) is 9.59 Å². The smallest absolute Gasteiger partial charge is 0.257 e. The minimum absolute atomic E-state index is 0.123. The summed E-state index contributed by atoms with van der Waals surface area (Å²) in [5.41, 5.74) is 4.03. The van der Waals surface area contributed by atoms with Crippen LogP contribution >= 0.6 is 0 Å². The standard InChI is InChI=1S/C27H26N2O3/c1-18-24(30)22-11-8-12-23(26(22)32-25(18)20-9-6-5-7-10-20)27(31)29(4)17-19-13-15-21(16-14-19)28(2)3/h5-16H,17H2,1-4H3. The van der Waals surface area contributed by atoms with Crippen molar-refractivity contribution in [1.29, 1.82) is 0 Å². The second-order valence-electron chi connectivity index (χ2n) is 8.16. The van der Waals surface area contributed by atoms with Gasteiger partial charge in [0.15, 0.2) is 11.0 Å². The zero-order valence-electron chi connectivity index (χ0n) is 18.8. The number of para-hydroxylation sites is 1. The summed E-state index contributed by atoms with van der Waals surface area (Å²) in [6.07, 6.45) is 0. The number of fused-ring (bicyclic) bond motifs is 1. The van der Waals surface area contributed by atoms with Crippen LogP contribution in [0, 0.1) is 6.92 Å². The third kappa shape index (κ3) is 4.02. The predicted octanol–water partition coefficient (Wildman–Crippen LogP) is 5.11. The van der Waals surface area contributed by atoms with Gasteiger partial charge in [-0.05, 0) is 36.8 Å². The first-order valence-corrected chi connectivity index (χ1v) is 10.5. The van der Waals surface area contributed by atoms with E-state index < -0.39 is 0 Å². The number of hydrogen-bond donors (Lipinski definition) is 0. The third-order valence-corrected chi connectivity index (χ3v) is 5.63. The average Bonchev–Trinajstić information content (AvgIpc) is 2.81. The van der Waals surface area contributed by atoms with Crippen LogP contribution in [0.5, 0.6) is 0 Å². The van der Waals surface area contributed by atoms with E-state index in [0.29, 0.717) is 34.4 Å². The fraction of sp³-hybridized carbons (Fsp3) is 0.185. The van der Waals surface area contributed by atoms with Crippen LogP contribution in [0.4, 0.5) is 5.69 Å². The lowest BCUT2D eigenvalue weighted by molar-refractivity contribution is 0.0786. The van der Waals surface area contributed by atoms with Crippen LogP contribution in [0.25, 0.3) is 22.3 Å². The maximum Gasteiger partial charge on any atom is 0.257 e. The van der Waals surface area contributed by atoms with Crippen molar-refractivity contribution in [3.05, 3.63) is 99.7 Å². The fourth-order valence-electron chi connectivity index (χ4n) is 3.79. The minimum atomic E-state index is -0.196. The molecule has 0 aliphatic heterocycles. The molecule has 0 spiro atoms. The second-order valence-corrected chi connectivity index (χ2v) is 8.16. The van der Waals surface area contributed by atoms with Gasteiger partial charge >= 0.3 is 0 Å². The fourth-order valence-corrected chi connectivity index (χ4v) is 3.79. The highest BCUT2D eigenvalue weighted by Gasteiger charge is 2.20. The van der Waals surface area contributed by atoms with Gasteiger partial charge < -0.3 is 14.2 Å². The highest BCUT2D eigenvalue weighted by molar-refractivity contribution is 6.05. The second kappa shape index (κ2) is 8.71. The Kier molecular flexibility index (Phi) is 5.82. The van der Waals surface area contributed by atoms with Crippen LogP contribution in [0.15, 0.2) is 82.0 Å². The van der Waals surface area contributed by atoms with Gasteiger partial charge in [0, 0.05) is 44.5 Å². The zero-order valence-corrected chi connectivity index (χ0v) is 18.8. The highest BCUT2D eigenvalue weighted by atomic mass is 16.3. The van der Waals surface area contributed by atoms with E-state index in [4.69, 9.17) is 4.42 Å². The van der Waals surface area contributed by atoms with Crippen molar-refractivity contribution in [2.45, 2.75) is 13.5 Å². The lowest BCUT2D eigenvalue weighted by Gasteiger charge is -2.19. The molecule has 1 heterocycles. The molecule has 5 nitrogen and oxygen atoms in total. The van der Waals surface area contributed by atoms with Gasteiger partial charge in [-0.15, -0.1) is 0 Å². The number of carbonyl (C=O) groups excluding carboxylic acids is 1. The molecule has 162 valence electrons. The van der Waals surface area contributed by atoms with Crippen molar-refractivity contribution in [3.63, 3.8) is 0 Å². The Morgan fingerprint density at radius 2 is 1.56 bits per heavy atom. The van der Waals surface area contributed by atoms with Gasteiger partial charge in [0.1, 0.15) is 5.76 Å². The van der Waals surface area contributed by atoms with Crippen LogP contribution < -0.4 is 10.3 Å². The van der Waals surface area contributed by atoms with Crippen LogP contribution in [-0.4, -0.2) is 32.0 Å². The number of hydrogen-bond acceptors (Lipinski definition) is 4. The summed E-state index contributed by atoms with van der Waals surface area (Å²) >= 11 is 0. The SMILES string of the molecule is Cc1c(-c2ccccc2)oc2c(C(=O)N(C)Cc3ccc(N(C)C)cc3)cccc2c1=O. The molecular formula is C27H26N2O3. The molecule has 1 aromatic heterocycles. The molecule has 4 aromatic rings. The maximum absolute atomic E-state index is 13.3. The Hall–Kier alpha value is -3.86. The molecule has 4 rings (SSSR count). The van der Waals surface area contributed by atoms with Crippen molar-refractivity contribution in [2.24, 2.45) is 0 Å². The highest BCUT2D eigenvalue weighted by Crippen LogP contribution is 2.28. The molecule has 0 saturated carbocycles. The number of rotatable bonds is 5. The van der Waals surface area contributed by atoms with E-state index in [2.05, 4.69) is 0 Å². The summed E-state index contributed by atoms with van der Waals surface area (Å²) in [7, 11) is 5.74. The number of anilines is 1. The van der Waals surface area contributed by atoms with E-state index >= 15 is 0 Å². The lowest BCUT2D eigenvalue weighted by Crippen LogP contribution is -2.26. The molecule has 3 aromatic carbocycles. The number of benzene rings is 3. The quantitative estimate of drug-likeness (QED) is 0.445. The largest absolute Gasteiger partial charge is 0.455 e. The first-order valence-electron chi connectivity index (χ1n) is 10.5. The van der Waals surface area contributed by atoms with E-state index in [1.807, 2.05) is 73.6 Å². The molecule has 0 N–H and O–H groups in total. The number of carbonyl (C=O) groups is 1. The molecular weight excluding hydrogens is 400 g/mol. The first kappa shape index (κ1) is 21.4. The first-order chi connectivity index (χ1) is 15.4. The van der Waals surface area contributed by atoms with Crippen molar-refractivity contribution in [1.82, 2.24) is 4.90 Å². The predicted molar refractivity (Wildman–Crippen MR) is 129 cm³/mol. The Balaban J connectivity index is 1.72. The van der Waals surface area contributed by atoms with Crippen molar-refractivity contribution < 1.29 is 9.21 Å². The normalized spacial score (nSPS) is 10.9. The average molecular weight is 427 g/mol. The Labute approximate surface area is 187 Å². The molecule has 0 saturated heterocycles. The van der Waals surface area contributed by atoms with Crippen LogP contribution in [0.2, 0.25) is 0 Å². The van der Waals surface area contributed by atoms with E-state index in [0.717, 1.165) is 16.8 Å². The Morgan fingerprint density at radius 1 is 0.875 bits per heavy atom. The summed E-state index contributed by atoms with van der Waals surface area (Å²) < 4.78 is 6.20. The number of amides is 1. The van der Waals surface area contributed by atoms with Gasteiger partial charge in [-0.25, -0.2) is 0 Å². The Bertz CT molecular complexity index is 1320. The topological polar surface area (TPSA) is 53.8 Å². The summed E-state index contributed by atoms with van der Waals surface area (Å²) in [5, 5.41) is 0.414. The van der Waals surface area contributed by atoms with Gasteiger partial charge in [-0.1, -0.05) is 48.5 Å². The molecule has 0 bridgehead atoms. The van der Waals surface area contributed by atoms with E-state index in [1.54, 1.807) is 37.1 Å². The Morgan fingerprint density at radius 3 is 2.22 bits per heavy atom. The molecule has 0 radical (unpaired) electrons.